The fourth-order valence-corrected chi connectivity index (χ4v) is 2.36. The summed E-state index contributed by atoms with van der Waals surface area (Å²) in [5, 5.41) is 4.13. The largest absolute Gasteiger partial charge is 0.484 e. The molecule has 0 spiro atoms. The van der Waals surface area contributed by atoms with Gasteiger partial charge in [-0.3, -0.25) is 4.79 Å². The molecule has 0 aromatic heterocycles. The van der Waals surface area contributed by atoms with E-state index in [0.717, 1.165) is 18.6 Å². The van der Waals surface area contributed by atoms with Gasteiger partial charge in [-0.05, 0) is 23.3 Å². The van der Waals surface area contributed by atoms with Crippen molar-refractivity contribution in [2.75, 3.05) is 6.61 Å². The summed E-state index contributed by atoms with van der Waals surface area (Å²) >= 11 is 0. The van der Waals surface area contributed by atoms with Crippen molar-refractivity contribution in [3.05, 3.63) is 65.5 Å². The van der Waals surface area contributed by atoms with Crippen molar-refractivity contribution in [1.82, 2.24) is 5.43 Å². The maximum Gasteiger partial charge on any atom is 0.277 e. The van der Waals surface area contributed by atoms with Crippen molar-refractivity contribution in [2.45, 2.75) is 12.8 Å². The Bertz CT molecular complexity index is 701. The van der Waals surface area contributed by atoms with Crippen molar-refractivity contribution in [3.8, 4) is 5.75 Å². The van der Waals surface area contributed by atoms with Gasteiger partial charge < -0.3 is 4.74 Å². The average Bonchev–Trinajstić information content (AvgIpc) is 2.94. The van der Waals surface area contributed by atoms with Crippen molar-refractivity contribution in [2.24, 2.45) is 5.10 Å². The third kappa shape index (κ3) is 3.49. The topological polar surface area (TPSA) is 50.7 Å². The first kappa shape index (κ1) is 14.3. The van der Waals surface area contributed by atoms with Crippen LogP contribution < -0.4 is 10.2 Å². The number of carbonyl (C=O) groups is 1. The fourth-order valence-electron chi connectivity index (χ4n) is 2.36. The number of hydrazone groups is 1. The van der Waals surface area contributed by atoms with Crippen LogP contribution in [0.2, 0.25) is 0 Å². The second-order valence-corrected chi connectivity index (χ2v) is 5.08. The molecule has 0 radical (unpaired) electrons. The van der Waals surface area contributed by atoms with Crippen molar-refractivity contribution in [3.63, 3.8) is 0 Å². The molecule has 0 bridgehead atoms. The van der Waals surface area contributed by atoms with Crippen LogP contribution in [0.1, 0.15) is 11.1 Å². The van der Waals surface area contributed by atoms with Gasteiger partial charge in [0.1, 0.15) is 11.6 Å². The van der Waals surface area contributed by atoms with Gasteiger partial charge in [0.05, 0.1) is 0 Å². The number of rotatable bonds is 4. The van der Waals surface area contributed by atoms with Gasteiger partial charge in [0.2, 0.25) is 0 Å². The lowest BCUT2D eigenvalue weighted by atomic mass is 10.1. The van der Waals surface area contributed by atoms with Gasteiger partial charge >= 0.3 is 0 Å². The minimum absolute atomic E-state index is 0.201. The van der Waals surface area contributed by atoms with E-state index in [4.69, 9.17) is 4.74 Å². The third-order valence-corrected chi connectivity index (χ3v) is 3.41. The van der Waals surface area contributed by atoms with Gasteiger partial charge in [-0.25, -0.2) is 9.82 Å². The lowest BCUT2D eigenvalue weighted by Crippen LogP contribution is -2.26. The van der Waals surface area contributed by atoms with Crippen molar-refractivity contribution < 1.29 is 13.9 Å². The molecule has 0 heterocycles. The van der Waals surface area contributed by atoms with Crippen molar-refractivity contribution in [1.29, 1.82) is 0 Å². The van der Waals surface area contributed by atoms with E-state index in [1.807, 2.05) is 12.1 Å². The Labute approximate surface area is 127 Å². The number of hydrogen-bond acceptors (Lipinski definition) is 3. The lowest BCUT2D eigenvalue weighted by Gasteiger charge is -2.05. The molecular weight excluding hydrogens is 283 g/mol. The number of nitrogens with one attached hydrogen (secondary N) is 1. The molecule has 3 rings (SSSR count). The predicted molar refractivity (Wildman–Crippen MR) is 81.3 cm³/mol. The lowest BCUT2D eigenvalue weighted by molar-refractivity contribution is -0.123. The van der Waals surface area contributed by atoms with Gasteiger partial charge in [0.15, 0.2) is 6.61 Å². The van der Waals surface area contributed by atoms with Crippen LogP contribution >= 0.6 is 0 Å². The zero-order chi connectivity index (χ0) is 15.4. The van der Waals surface area contributed by atoms with Crippen LogP contribution in [-0.2, 0) is 17.6 Å². The Kier molecular flexibility index (Phi) is 4.14. The van der Waals surface area contributed by atoms with Crippen LogP contribution in [0.15, 0.2) is 53.6 Å². The molecule has 5 heteroatoms. The smallest absolute Gasteiger partial charge is 0.277 e. The number of amides is 1. The van der Waals surface area contributed by atoms with E-state index >= 15 is 0 Å². The molecule has 0 aliphatic heterocycles. The molecule has 4 nitrogen and oxygen atoms in total. The van der Waals surface area contributed by atoms with Crippen LogP contribution in [0.25, 0.3) is 0 Å². The molecule has 1 aliphatic carbocycles. The molecule has 1 N–H and O–H groups in total. The van der Waals surface area contributed by atoms with E-state index < -0.39 is 5.82 Å². The maximum atomic E-state index is 13.0. The highest BCUT2D eigenvalue weighted by molar-refractivity contribution is 5.93. The number of ether oxygens (including phenoxy) is 1. The van der Waals surface area contributed by atoms with Gasteiger partial charge in [0, 0.05) is 24.6 Å². The van der Waals surface area contributed by atoms with E-state index in [2.05, 4.69) is 22.7 Å². The number of hydrogen-bond donors (Lipinski definition) is 1. The molecule has 112 valence electrons. The molecule has 0 saturated heterocycles. The van der Waals surface area contributed by atoms with Gasteiger partial charge in [0.25, 0.3) is 5.91 Å². The molecular formula is C17H15FN2O2. The number of nitrogens with zero attached hydrogens (tertiary/aromatic N) is 1. The van der Waals surface area contributed by atoms with E-state index in [1.54, 1.807) is 6.07 Å². The van der Waals surface area contributed by atoms with E-state index in [9.17, 15) is 9.18 Å². The second-order valence-electron chi connectivity index (χ2n) is 5.08. The predicted octanol–water partition coefficient (Wildman–Crippen LogP) is 2.48. The molecule has 0 atom stereocenters. The molecule has 0 saturated carbocycles. The number of carbonyl (C=O) groups excluding carboxylic acids is 1. The maximum absolute atomic E-state index is 13.0. The third-order valence-electron chi connectivity index (χ3n) is 3.41. The quantitative estimate of drug-likeness (QED) is 0.882. The van der Waals surface area contributed by atoms with Crippen LogP contribution in [0.3, 0.4) is 0 Å². The standard InChI is InChI=1S/C17H15FN2O2/c18-14-6-3-7-16(10-14)22-11-17(21)20-19-15-8-12-4-1-2-5-13(12)9-15/h1-7,10H,8-9,11H2,(H,20,21). The first-order valence-electron chi connectivity index (χ1n) is 7.00. The summed E-state index contributed by atoms with van der Waals surface area (Å²) in [7, 11) is 0. The van der Waals surface area contributed by atoms with E-state index in [-0.39, 0.29) is 12.5 Å². The molecule has 2 aromatic rings. The van der Waals surface area contributed by atoms with Crippen LogP contribution in [0.4, 0.5) is 4.39 Å². The van der Waals surface area contributed by atoms with Crippen molar-refractivity contribution >= 4 is 11.6 Å². The van der Waals surface area contributed by atoms with Crippen LogP contribution in [0.5, 0.6) is 5.75 Å². The Morgan fingerprint density at radius 1 is 1.14 bits per heavy atom. The monoisotopic (exact) mass is 298 g/mol. The van der Waals surface area contributed by atoms with Gasteiger partial charge in [-0.1, -0.05) is 30.3 Å². The first-order chi connectivity index (χ1) is 10.7. The van der Waals surface area contributed by atoms with E-state index in [0.29, 0.717) is 5.75 Å². The summed E-state index contributed by atoms with van der Waals surface area (Å²) in [6, 6.07) is 13.8. The summed E-state index contributed by atoms with van der Waals surface area (Å²) in [6.07, 6.45) is 1.50. The minimum atomic E-state index is -0.401. The highest BCUT2D eigenvalue weighted by Gasteiger charge is 2.16. The molecule has 1 aliphatic rings. The summed E-state index contributed by atoms with van der Waals surface area (Å²) in [6.45, 7) is -0.201. The SMILES string of the molecule is O=C(COc1cccc(F)c1)NN=C1Cc2ccccc2C1. The number of halogens is 1. The number of fused-ring (bicyclic) bond motifs is 1. The molecule has 1 amide bonds. The molecule has 2 aromatic carbocycles. The van der Waals surface area contributed by atoms with E-state index in [1.165, 1.54) is 29.3 Å². The normalized spacial score (nSPS) is 12.7. The summed E-state index contributed by atoms with van der Waals surface area (Å²) < 4.78 is 18.2. The Hall–Kier alpha value is -2.69. The Morgan fingerprint density at radius 3 is 2.55 bits per heavy atom. The highest BCUT2D eigenvalue weighted by atomic mass is 19.1. The number of benzene rings is 2. The zero-order valence-corrected chi connectivity index (χ0v) is 11.9. The van der Waals surface area contributed by atoms with Crippen LogP contribution in [0, 0.1) is 5.82 Å². The molecule has 0 unspecified atom stereocenters. The van der Waals surface area contributed by atoms with Crippen LogP contribution in [-0.4, -0.2) is 18.2 Å². The summed E-state index contributed by atoms with van der Waals surface area (Å²) in [5.41, 5.74) is 5.88. The minimum Gasteiger partial charge on any atom is -0.484 e. The Balaban J connectivity index is 1.50. The molecule has 0 fully saturated rings. The fraction of sp³-hybridized carbons (Fsp3) is 0.176. The first-order valence-corrected chi connectivity index (χ1v) is 7.00. The Morgan fingerprint density at radius 2 is 1.86 bits per heavy atom. The average molecular weight is 298 g/mol. The second kappa shape index (κ2) is 6.39. The zero-order valence-electron chi connectivity index (χ0n) is 11.9. The summed E-state index contributed by atoms with van der Waals surface area (Å²) in [5.74, 6) is -0.453. The molecule has 22 heavy (non-hydrogen) atoms. The summed E-state index contributed by atoms with van der Waals surface area (Å²) in [4.78, 5) is 11.7. The highest BCUT2D eigenvalue weighted by Crippen LogP contribution is 2.19. The van der Waals surface area contributed by atoms with Gasteiger partial charge in [-0.15, -0.1) is 0 Å². The van der Waals surface area contributed by atoms with Gasteiger partial charge in [-0.2, -0.15) is 5.10 Å².